The molecule has 1 aromatic heterocycles. The highest BCUT2D eigenvalue weighted by Gasteiger charge is 2.18. The number of rotatable bonds is 6. The average Bonchev–Trinajstić information content (AvgIpc) is 2.69. The Kier molecular flexibility index (Phi) is 6.71. The molecule has 1 aliphatic rings. The second-order valence-electron chi connectivity index (χ2n) is 7.40. The summed E-state index contributed by atoms with van der Waals surface area (Å²) in [5, 5.41) is 5.60. The van der Waals surface area contributed by atoms with Gasteiger partial charge >= 0.3 is 6.03 Å². The smallest absolute Gasteiger partial charge is 0.323 e. The van der Waals surface area contributed by atoms with Crippen LogP contribution in [-0.4, -0.2) is 55.7 Å². The molecule has 7 heteroatoms. The minimum Gasteiger partial charge on any atom is -0.497 e. The molecule has 1 aliphatic heterocycles. The van der Waals surface area contributed by atoms with Gasteiger partial charge in [-0.1, -0.05) is 19.9 Å². The molecule has 28 heavy (non-hydrogen) atoms. The summed E-state index contributed by atoms with van der Waals surface area (Å²) in [6.45, 7) is 9.72. The molecule has 0 saturated carbocycles. The molecule has 0 radical (unpaired) electrons. The zero-order valence-corrected chi connectivity index (χ0v) is 16.8. The summed E-state index contributed by atoms with van der Waals surface area (Å²) in [4.78, 5) is 21.5. The number of nitrogens with zero attached hydrogens (tertiary/aromatic N) is 3. The van der Waals surface area contributed by atoms with Gasteiger partial charge in [0.1, 0.15) is 11.6 Å². The first-order valence-corrected chi connectivity index (χ1v) is 9.69. The molecule has 1 fully saturated rings. The van der Waals surface area contributed by atoms with Crippen LogP contribution in [0.25, 0.3) is 0 Å². The predicted octanol–water partition coefficient (Wildman–Crippen LogP) is 3.51. The highest BCUT2D eigenvalue weighted by molar-refractivity contribution is 5.99. The highest BCUT2D eigenvalue weighted by Crippen LogP contribution is 2.19. The van der Waals surface area contributed by atoms with Crippen LogP contribution in [0.4, 0.5) is 22.0 Å². The average molecular weight is 383 g/mol. The van der Waals surface area contributed by atoms with Crippen LogP contribution in [0.3, 0.4) is 0 Å². The number of urea groups is 1. The van der Waals surface area contributed by atoms with Crippen molar-refractivity contribution in [1.82, 2.24) is 9.88 Å². The molecule has 2 amide bonds. The summed E-state index contributed by atoms with van der Waals surface area (Å²) in [6.07, 6.45) is 1.70. The lowest BCUT2D eigenvalue weighted by atomic mass is 10.2. The van der Waals surface area contributed by atoms with Gasteiger partial charge in [-0.25, -0.2) is 9.78 Å². The van der Waals surface area contributed by atoms with Crippen molar-refractivity contribution in [2.45, 2.75) is 13.8 Å². The minimum absolute atomic E-state index is 0.315. The fourth-order valence-electron chi connectivity index (χ4n) is 3.32. The predicted molar refractivity (Wildman–Crippen MR) is 113 cm³/mol. The lowest BCUT2D eigenvalue weighted by Gasteiger charge is -2.36. The van der Waals surface area contributed by atoms with E-state index in [9.17, 15) is 4.79 Å². The second-order valence-corrected chi connectivity index (χ2v) is 7.40. The van der Waals surface area contributed by atoms with Gasteiger partial charge in [0.25, 0.3) is 0 Å². The molecule has 1 aromatic carbocycles. The van der Waals surface area contributed by atoms with Crippen LogP contribution in [0.1, 0.15) is 13.8 Å². The van der Waals surface area contributed by atoms with E-state index in [1.54, 1.807) is 19.4 Å². The fourth-order valence-corrected chi connectivity index (χ4v) is 3.32. The lowest BCUT2D eigenvalue weighted by molar-refractivity contribution is 0.231. The van der Waals surface area contributed by atoms with E-state index in [-0.39, 0.29) is 6.03 Å². The first kappa shape index (κ1) is 19.9. The summed E-state index contributed by atoms with van der Waals surface area (Å²) in [5.41, 5.74) is 1.32. The zero-order valence-electron chi connectivity index (χ0n) is 16.8. The van der Waals surface area contributed by atoms with Gasteiger partial charge in [-0.2, -0.15) is 0 Å². The maximum absolute atomic E-state index is 12.2. The molecule has 0 atom stereocenters. The maximum Gasteiger partial charge on any atom is 0.323 e. The van der Waals surface area contributed by atoms with Crippen molar-refractivity contribution in [3.8, 4) is 5.75 Å². The van der Waals surface area contributed by atoms with Crippen LogP contribution in [0.15, 0.2) is 42.6 Å². The van der Waals surface area contributed by atoms with Crippen LogP contribution in [0.2, 0.25) is 0 Å². The number of methoxy groups -OCH3 is 1. The second kappa shape index (κ2) is 9.41. The number of nitrogens with one attached hydrogen (secondary N) is 2. The molecule has 2 N–H and O–H groups in total. The van der Waals surface area contributed by atoms with E-state index < -0.39 is 0 Å². The third-order valence-electron chi connectivity index (χ3n) is 4.65. The van der Waals surface area contributed by atoms with Gasteiger partial charge in [-0.3, -0.25) is 4.90 Å². The molecule has 2 heterocycles. The number of hydrogen-bond acceptors (Lipinski definition) is 5. The number of hydrogen-bond donors (Lipinski definition) is 2. The molecular formula is C21H29N5O2. The van der Waals surface area contributed by atoms with E-state index in [0.717, 1.165) is 38.5 Å². The Morgan fingerprint density at radius 3 is 2.50 bits per heavy atom. The molecule has 0 unspecified atom stereocenters. The Labute approximate surface area is 166 Å². The van der Waals surface area contributed by atoms with Crippen molar-refractivity contribution < 1.29 is 9.53 Å². The van der Waals surface area contributed by atoms with Crippen molar-refractivity contribution in [2.75, 3.05) is 55.4 Å². The number of carbonyl (C=O) groups is 1. The summed E-state index contributed by atoms with van der Waals surface area (Å²) in [7, 11) is 1.59. The van der Waals surface area contributed by atoms with Crippen molar-refractivity contribution in [1.29, 1.82) is 0 Å². The van der Waals surface area contributed by atoms with E-state index in [2.05, 4.69) is 39.3 Å². The first-order chi connectivity index (χ1) is 13.5. The lowest BCUT2D eigenvalue weighted by Crippen LogP contribution is -2.47. The normalized spacial score (nSPS) is 14.8. The zero-order chi connectivity index (χ0) is 19.9. The van der Waals surface area contributed by atoms with Gasteiger partial charge in [-0.05, 0) is 30.2 Å². The van der Waals surface area contributed by atoms with E-state index in [4.69, 9.17) is 4.74 Å². The molecule has 1 saturated heterocycles. The largest absolute Gasteiger partial charge is 0.497 e. The molecule has 7 nitrogen and oxygen atoms in total. The van der Waals surface area contributed by atoms with Gasteiger partial charge < -0.3 is 20.3 Å². The minimum atomic E-state index is -0.315. The number of anilines is 3. The number of carbonyl (C=O) groups excluding carboxylic acids is 1. The van der Waals surface area contributed by atoms with Crippen LogP contribution in [0, 0.1) is 5.92 Å². The van der Waals surface area contributed by atoms with Gasteiger partial charge in [0, 0.05) is 44.5 Å². The summed E-state index contributed by atoms with van der Waals surface area (Å²) in [5.74, 6) is 2.33. The number of pyridine rings is 1. The quantitative estimate of drug-likeness (QED) is 0.799. The number of benzene rings is 1. The third kappa shape index (κ3) is 5.60. The van der Waals surface area contributed by atoms with Gasteiger partial charge in [0.05, 0.1) is 19.0 Å². The van der Waals surface area contributed by atoms with Crippen molar-refractivity contribution >= 4 is 23.2 Å². The topological polar surface area (TPSA) is 69.7 Å². The van der Waals surface area contributed by atoms with Crippen LogP contribution in [0.5, 0.6) is 5.75 Å². The Morgan fingerprint density at radius 1 is 1.11 bits per heavy atom. The number of ether oxygens (including phenoxy) is 1. The standard InChI is InChI=1S/C21H29N5O2/c1-16(2)15-25-9-11-26(12-10-25)20-8-7-18(14-22-20)24-21(27)23-17-5-4-6-19(13-17)28-3/h4-8,13-14,16H,9-12,15H2,1-3H3,(H2,23,24,27). The number of piperazine rings is 1. The molecule has 2 aromatic rings. The number of amides is 2. The third-order valence-corrected chi connectivity index (χ3v) is 4.65. The van der Waals surface area contributed by atoms with Gasteiger partial charge in [0.2, 0.25) is 0 Å². The van der Waals surface area contributed by atoms with E-state index in [1.165, 1.54) is 0 Å². The molecule has 0 aliphatic carbocycles. The summed E-state index contributed by atoms with van der Waals surface area (Å²) in [6, 6.07) is 10.8. The summed E-state index contributed by atoms with van der Waals surface area (Å²) < 4.78 is 5.16. The SMILES string of the molecule is COc1cccc(NC(=O)Nc2ccc(N3CCN(CC(C)C)CC3)nc2)c1. The number of aromatic nitrogens is 1. The summed E-state index contributed by atoms with van der Waals surface area (Å²) >= 11 is 0. The van der Waals surface area contributed by atoms with Crippen LogP contribution >= 0.6 is 0 Å². The fraction of sp³-hybridized carbons (Fsp3) is 0.429. The molecule has 150 valence electrons. The Balaban J connectivity index is 1.51. The monoisotopic (exact) mass is 383 g/mol. The molecule has 0 bridgehead atoms. The first-order valence-electron chi connectivity index (χ1n) is 9.69. The molecule has 0 spiro atoms. The Morgan fingerprint density at radius 2 is 1.86 bits per heavy atom. The van der Waals surface area contributed by atoms with Crippen molar-refractivity contribution in [2.24, 2.45) is 5.92 Å². The Bertz CT molecular complexity index is 771. The molecule has 3 rings (SSSR count). The van der Waals surface area contributed by atoms with E-state index in [1.807, 2.05) is 30.3 Å². The Hall–Kier alpha value is -2.80. The van der Waals surface area contributed by atoms with Crippen LogP contribution < -0.4 is 20.3 Å². The van der Waals surface area contributed by atoms with Gasteiger partial charge in [-0.15, -0.1) is 0 Å². The van der Waals surface area contributed by atoms with E-state index in [0.29, 0.717) is 23.0 Å². The van der Waals surface area contributed by atoms with Crippen LogP contribution in [-0.2, 0) is 0 Å². The molecular weight excluding hydrogens is 354 g/mol. The highest BCUT2D eigenvalue weighted by atomic mass is 16.5. The van der Waals surface area contributed by atoms with Gasteiger partial charge in [0.15, 0.2) is 0 Å². The van der Waals surface area contributed by atoms with Crippen molar-refractivity contribution in [3.05, 3.63) is 42.6 Å². The van der Waals surface area contributed by atoms with Crippen molar-refractivity contribution in [3.63, 3.8) is 0 Å². The van der Waals surface area contributed by atoms with E-state index >= 15 is 0 Å². The maximum atomic E-state index is 12.2.